The van der Waals surface area contributed by atoms with Crippen LogP contribution in [0.3, 0.4) is 0 Å². The molecule has 1 aromatic carbocycles. The first kappa shape index (κ1) is 16.0. The average Bonchev–Trinajstić information content (AvgIpc) is 2.92. The third-order valence-corrected chi connectivity index (χ3v) is 4.13. The minimum absolute atomic E-state index is 0.273. The highest BCUT2D eigenvalue weighted by Gasteiger charge is 2.34. The lowest BCUT2D eigenvalue weighted by Crippen LogP contribution is -2.28. The number of halogens is 4. The predicted molar refractivity (Wildman–Crippen MR) is 79.0 cm³/mol. The topological polar surface area (TPSA) is 55.1 Å². The van der Waals surface area contributed by atoms with Crippen molar-refractivity contribution < 1.29 is 18.0 Å². The molecule has 2 aromatic rings. The molecular weight excluding hydrogens is 369 g/mol. The molecule has 2 rings (SSSR count). The summed E-state index contributed by atoms with van der Waals surface area (Å²) in [7, 11) is 0. The quantitative estimate of drug-likeness (QED) is 0.841. The second kappa shape index (κ2) is 6.17. The molecule has 1 unspecified atom stereocenters. The molecule has 3 N–H and O–H groups in total. The summed E-state index contributed by atoms with van der Waals surface area (Å²) in [5, 5.41) is 3.97. The number of rotatable bonds is 3. The van der Waals surface area contributed by atoms with Crippen molar-refractivity contribution in [1.29, 1.82) is 0 Å². The van der Waals surface area contributed by atoms with Crippen molar-refractivity contribution in [2.24, 2.45) is 5.73 Å². The van der Waals surface area contributed by atoms with Gasteiger partial charge in [0.05, 0.1) is 11.3 Å². The molecule has 0 fully saturated rings. The number of carbonyl (C=O) groups is 1. The molecule has 3 nitrogen and oxygen atoms in total. The molecule has 0 saturated heterocycles. The maximum absolute atomic E-state index is 13.0. The largest absolute Gasteiger partial charge is 0.418 e. The van der Waals surface area contributed by atoms with Gasteiger partial charge in [-0.2, -0.15) is 13.2 Å². The highest BCUT2D eigenvalue weighted by Crippen LogP contribution is 2.36. The SMILES string of the molecule is NC(C(=O)Nc1ccc(Br)cc1C(F)(F)F)c1cccs1. The lowest BCUT2D eigenvalue weighted by Gasteiger charge is -2.16. The van der Waals surface area contributed by atoms with E-state index >= 15 is 0 Å². The Balaban J connectivity index is 2.25. The summed E-state index contributed by atoms with van der Waals surface area (Å²) >= 11 is 4.25. The van der Waals surface area contributed by atoms with E-state index in [9.17, 15) is 18.0 Å². The van der Waals surface area contributed by atoms with Gasteiger partial charge in [0.15, 0.2) is 0 Å². The fourth-order valence-electron chi connectivity index (χ4n) is 1.67. The minimum Gasteiger partial charge on any atom is -0.324 e. The third kappa shape index (κ3) is 3.84. The van der Waals surface area contributed by atoms with E-state index in [1.165, 1.54) is 23.5 Å². The van der Waals surface area contributed by atoms with Gasteiger partial charge in [0.2, 0.25) is 5.91 Å². The van der Waals surface area contributed by atoms with Crippen molar-refractivity contribution in [1.82, 2.24) is 0 Å². The molecule has 0 aliphatic heterocycles. The molecule has 0 radical (unpaired) electrons. The van der Waals surface area contributed by atoms with Gasteiger partial charge in [-0.3, -0.25) is 4.79 Å². The number of anilines is 1. The standard InChI is InChI=1S/C13H10BrF3N2OS/c14-7-3-4-9(8(6-7)13(15,16)17)19-12(20)11(18)10-2-1-5-21-10/h1-6,11H,18H2,(H,19,20). The summed E-state index contributed by atoms with van der Waals surface area (Å²) in [4.78, 5) is 12.5. The zero-order valence-corrected chi connectivity index (χ0v) is 12.8. The van der Waals surface area contributed by atoms with Gasteiger partial charge in [-0.1, -0.05) is 22.0 Å². The van der Waals surface area contributed by atoms with Crippen LogP contribution in [0.5, 0.6) is 0 Å². The van der Waals surface area contributed by atoms with E-state index in [1.807, 2.05) is 0 Å². The van der Waals surface area contributed by atoms with Crippen LogP contribution in [0.2, 0.25) is 0 Å². The second-order valence-electron chi connectivity index (χ2n) is 4.17. The Hall–Kier alpha value is -1.38. The molecule has 1 aromatic heterocycles. The Morgan fingerprint density at radius 2 is 2.05 bits per heavy atom. The fraction of sp³-hybridized carbons (Fsp3) is 0.154. The van der Waals surface area contributed by atoms with Crippen LogP contribution < -0.4 is 11.1 Å². The van der Waals surface area contributed by atoms with Crippen molar-refractivity contribution in [3.05, 3.63) is 50.6 Å². The van der Waals surface area contributed by atoms with Gasteiger partial charge in [-0.05, 0) is 29.6 Å². The number of alkyl halides is 3. The number of hydrogen-bond acceptors (Lipinski definition) is 3. The zero-order valence-electron chi connectivity index (χ0n) is 10.4. The summed E-state index contributed by atoms with van der Waals surface area (Å²) in [6.45, 7) is 0. The van der Waals surface area contributed by atoms with E-state index in [4.69, 9.17) is 5.73 Å². The van der Waals surface area contributed by atoms with Gasteiger partial charge in [-0.25, -0.2) is 0 Å². The Labute approximate surface area is 131 Å². The molecule has 112 valence electrons. The Morgan fingerprint density at radius 3 is 2.62 bits per heavy atom. The van der Waals surface area contributed by atoms with Crippen molar-refractivity contribution >= 4 is 38.9 Å². The van der Waals surface area contributed by atoms with Crippen molar-refractivity contribution in [3.8, 4) is 0 Å². The molecule has 8 heteroatoms. The van der Waals surface area contributed by atoms with E-state index in [-0.39, 0.29) is 10.2 Å². The summed E-state index contributed by atoms with van der Waals surface area (Å²) in [6, 6.07) is 5.88. The molecule has 0 saturated carbocycles. The van der Waals surface area contributed by atoms with Crippen LogP contribution in [0.1, 0.15) is 16.5 Å². The molecule has 1 heterocycles. The van der Waals surface area contributed by atoms with Gasteiger partial charge >= 0.3 is 6.18 Å². The summed E-state index contributed by atoms with van der Waals surface area (Å²) in [6.07, 6.45) is -4.57. The average molecular weight is 379 g/mol. The molecule has 0 spiro atoms. The van der Waals surface area contributed by atoms with E-state index in [0.29, 0.717) is 4.88 Å². The van der Waals surface area contributed by atoms with Crippen molar-refractivity contribution in [3.63, 3.8) is 0 Å². The molecule has 0 bridgehead atoms. The number of amides is 1. The monoisotopic (exact) mass is 378 g/mol. The van der Waals surface area contributed by atoms with E-state index in [0.717, 1.165) is 6.07 Å². The first-order chi connectivity index (χ1) is 9.79. The lowest BCUT2D eigenvalue weighted by atomic mass is 10.1. The van der Waals surface area contributed by atoms with Crippen LogP contribution >= 0.6 is 27.3 Å². The smallest absolute Gasteiger partial charge is 0.324 e. The van der Waals surface area contributed by atoms with Gasteiger partial charge in [-0.15, -0.1) is 11.3 Å². The number of hydrogen-bond donors (Lipinski definition) is 2. The van der Waals surface area contributed by atoms with Crippen molar-refractivity contribution in [2.75, 3.05) is 5.32 Å². The van der Waals surface area contributed by atoms with Gasteiger partial charge < -0.3 is 11.1 Å². The van der Waals surface area contributed by atoms with Crippen LogP contribution in [0.25, 0.3) is 0 Å². The number of nitrogens with one attached hydrogen (secondary N) is 1. The summed E-state index contributed by atoms with van der Waals surface area (Å²) < 4.78 is 39.1. The summed E-state index contributed by atoms with van der Waals surface area (Å²) in [5.74, 6) is -0.690. The maximum Gasteiger partial charge on any atom is 0.418 e. The Bertz CT molecular complexity index is 643. The summed E-state index contributed by atoms with van der Waals surface area (Å²) in [5.41, 5.74) is 4.48. The maximum atomic E-state index is 13.0. The molecule has 0 aliphatic carbocycles. The molecule has 1 amide bonds. The lowest BCUT2D eigenvalue weighted by molar-refractivity contribution is -0.137. The first-order valence-electron chi connectivity index (χ1n) is 5.75. The molecular formula is C13H10BrF3N2OS. The van der Waals surface area contributed by atoms with Crippen LogP contribution in [-0.2, 0) is 11.0 Å². The predicted octanol–water partition coefficient (Wildman–Crippen LogP) is 4.17. The number of carbonyl (C=O) groups excluding carboxylic acids is 1. The van der Waals surface area contributed by atoms with E-state index in [2.05, 4.69) is 21.2 Å². The first-order valence-corrected chi connectivity index (χ1v) is 7.43. The van der Waals surface area contributed by atoms with Crippen LogP contribution in [0.15, 0.2) is 40.2 Å². The van der Waals surface area contributed by atoms with Crippen LogP contribution in [-0.4, -0.2) is 5.91 Å². The normalized spacial score (nSPS) is 13.0. The number of benzene rings is 1. The Morgan fingerprint density at radius 1 is 1.33 bits per heavy atom. The fourth-order valence-corrected chi connectivity index (χ4v) is 2.75. The minimum atomic E-state index is -4.57. The number of nitrogens with two attached hydrogens (primary N) is 1. The second-order valence-corrected chi connectivity index (χ2v) is 6.06. The van der Waals surface area contributed by atoms with Crippen LogP contribution in [0, 0.1) is 0 Å². The highest BCUT2D eigenvalue weighted by atomic mass is 79.9. The van der Waals surface area contributed by atoms with E-state index < -0.39 is 23.7 Å². The van der Waals surface area contributed by atoms with Crippen LogP contribution in [0.4, 0.5) is 18.9 Å². The molecule has 1 atom stereocenters. The third-order valence-electron chi connectivity index (χ3n) is 2.68. The molecule has 21 heavy (non-hydrogen) atoms. The van der Waals surface area contributed by atoms with Gasteiger partial charge in [0.25, 0.3) is 0 Å². The highest BCUT2D eigenvalue weighted by molar-refractivity contribution is 9.10. The Kier molecular flexibility index (Phi) is 4.70. The van der Waals surface area contributed by atoms with E-state index in [1.54, 1.807) is 17.5 Å². The van der Waals surface area contributed by atoms with Gasteiger partial charge in [0, 0.05) is 9.35 Å². The number of thiophene rings is 1. The van der Waals surface area contributed by atoms with Crippen molar-refractivity contribution in [2.45, 2.75) is 12.2 Å². The van der Waals surface area contributed by atoms with Gasteiger partial charge in [0.1, 0.15) is 6.04 Å². The molecule has 0 aliphatic rings. The zero-order chi connectivity index (χ0) is 15.6.